The fraction of sp³-hybridized carbons (Fsp3) is 0.364. The van der Waals surface area contributed by atoms with Crippen LogP contribution in [0.25, 0.3) is 10.8 Å². The number of rotatable bonds is 3. The predicted octanol–water partition coefficient (Wildman–Crippen LogP) is 2.17. The highest BCUT2D eigenvalue weighted by molar-refractivity contribution is 6.04. The molecule has 1 aliphatic carbocycles. The number of hydrogen-bond acceptors (Lipinski definition) is 5. The van der Waals surface area contributed by atoms with E-state index < -0.39 is 0 Å². The number of para-hydroxylation sites is 1. The van der Waals surface area contributed by atoms with Gasteiger partial charge < -0.3 is 9.80 Å². The molecule has 0 N–H and O–H groups in total. The molecule has 0 bridgehead atoms. The lowest BCUT2D eigenvalue weighted by atomic mass is 10.1. The Morgan fingerprint density at radius 3 is 2.55 bits per heavy atom. The van der Waals surface area contributed by atoms with E-state index in [9.17, 15) is 9.59 Å². The van der Waals surface area contributed by atoms with E-state index in [1.807, 2.05) is 4.90 Å². The molecule has 3 aromatic rings. The van der Waals surface area contributed by atoms with Crippen LogP contribution in [0.5, 0.6) is 0 Å². The molecule has 0 spiro atoms. The molecule has 1 saturated carbocycles. The average molecular weight is 389 g/mol. The van der Waals surface area contributed by atoms with Crippen molar-refractivity contribution < 1.29 is 4.79 Å². The molecule has 148 valence electrons. The zero-order chi connectivity index (χ0) is 20.0. The molecule has 0 unspecified atom stereocenters. The highest BCUT2D eigenvalue weighted by atomic mass is 16.2. The van der Waals surface area contributed by atoms with E-state index in [0.29, 0.717) is 35.5 Å². The van der Waals surface area contributed by atoms with Crippen LogP contribution < -0.4 is 10.5 Å². The summed E-state index contributed by atoms with van der Waals surface area (Å²) in [5.41, 5.74) is 2.81. The predicted molar refractivity (Wildman–Crippen MR) is 111 cm³/mol. The van der Waals surface area contributed by atoms with Crippen molar-refractivity contribution in [2.45, 2.75) is 18.8 Å². The third-order valence-corrected chi connectivity index (χ3v) is 5.91. The van der Waals surface area contributed by atoms with Crippen molar-refractivity contribution in [1.82, 2.24) is 19.7 Å². The second kappa shape index (κ2) is 6.99. The van der Waals surface area contributed by atoms with Crippen LogP contribution in [0, 0.1) is 0 Å². The van der Waals surface area contributed by atoms with Gasteiger partial charge >= 0.3 is 0 Å². The number of carbonyl (C=O) groups is 1. The van der Waals surface area contributed by atoms with Crippen LogP contribution in [0.15, 0.2) is 47.5 Å². The average Bonchev–Trinajstić information content (AvgIpc) is 3.61. The molecule has 29 heavy (non-hydrogen) atoms. The van der Waals surface area contributed by atoms with E-state index in [4.69, 9.17) is 0 Å². The summed E-state index contributed by atoms with van der Waals surface area (Å²) < 4.78 is 1.22. The molecule has 7 nitrogen and oxygen atoms in total. The summed E-state index contributed by atoms with van der Waals surface area (Å²) in [6.07, 6.45) is 5.64. The lowest BCUT2D eigenvalue weighted by molar-refractivity contribution is 0.0740. The molecular weight excluding hydrogens is 366 g/mol. The number of hydrogen-bond donors (Lipinski definition) is 0. The van der Waals surface area contributed by atoms with Gasteiger partial charge in [0.1, 0.15) is 0 Å². The topological polar surface area (TPSA) is 71.3 Å². The summed E-state index contributed by atoms with van der Waals surface area (Å²) in [6, 6.07) is 10.3. The van der Waals surface area contributed by atoms with E-state index in [-0.39, 0.29) is 11.5 Å². The SMILES string of the molecule is Cn1nc(C(=O)N2CCN(c3ccccc3C3CC3)CC2)c2ccncc2c1=O. The number of fused-ring (bicyclic) bond motifs is 1. The molecule has 0 atom stereocenters. The number of benzene rings is 1. The van der Waals surface area contributed by atoms with Crippen LogP contribution in [0.1, 0.15) is 34.8 Å². The summed E-state index contributed by atoms with van der Waals surface area (Å²) in [7, 11) is 1.57. The first kappa shape index (κ1) is 17.8. The summed E-state index contributed by atoms with van der Waals surface area (Å²) in [4.78, 5) is 33.8. The summed E-state index contributed by atoms with van der Waals surface area (Å²) in [6.45, 7) is 2.85. The molecule has 1 aromatic carbocycles. The Morgan fingerprint density at radius 1 is 1.03 bits per heavy atom. The van der Waals surface area contributed by atoms with Gasteiger partial charge in [-0.1, -0.05) is 18.2 Å². The van der Waals surface area contributed by atoms with Crippen molar-refractivity contribution in [2.75, 3.05) is 31.1 Å². The van der Waals surface area contributed by atoms with Crippen molar-refractivity contribution >= 4 is 22.4 Å². The molecule has 2 aromatic heterocycles. The maximum atomic E-state index is 13.2. The highest BCUT2D eigenvalue weighted by Crippen LogP contribution is 2.44. The largest absolute Gasteiger partial charge is 0.368 e. The number of anilines is 1. The van der Waals surface area contributed by atoms with E-state index >= 15 is 0 Å². The third-order valence-electron chi connectivity index (χ3n) is 5.91. The fourth-order valence-corrected chi connectivity index (χ4v) is 4.17. The first-order chi connectivity index (χ1) is 14.1. The van der Waals surface area contributed by atoms with Crippen LogP contribution in [-0.4, -0.2) is 51.8 Å². The van der Waals surface area contributed by atoms with Gasteiger partial charge in [-0.25, -0.2) is 4.68 Å². The van der Waals surface area contributed by atoms with E-state index in [0.717, 1.165) is 13.1 Å². The maximum absolute atomic E-state index is 13.2. The van der Waals surface area contributed by atoms with E-state index in [2.05, 4.69) is 39.2 Å². The Kier molecular flexibility index (Phi) is 4.30. The standard InChI is InChI=1S/C22H23N5O2/c1-25-21(28)18-14-23-9-8-17(18)20(24-25)22(29)27-12-10-26(11-13-27)19-5-3-2-4-16(19)15-6-7-15/h2-5,8-9,14-15H,6-7,10-13H2,1H3. The minimum Gasteiger partial charge on any atom is -0.368 e. The van der Waals surface area contributed by atoms with Crippen molar-refractivity contribution in [3.05, 3.63) is 64.3 Å². The van der Waals surface area contributed by atoms with Gasteiger partial charge in [-0.3, -0.25) is 14.6 Å². The Balaban J connectivity index is 1.38. The Labute approximate surface area is 168 Å². The van der Waals surface area contributed by atoms with Crippen molar-refractivity contribution in [3.63, 3.8) is 0 Å². The number of nitrogens with zero attached hydrogens (tertiary/aromatic N) is 5. The zero-order valence-electron chi connectivity index (χ0n) is 16.4. The molecule has 5 rings (SSSR count). The minimum absolute atomic E-state index is 0.132. The molecule has 3 heterocycles. The molecule has 1 aliphatic heterocycles. The lowest BCUT2D eigenvalue weighted by Crippen LogP contribution is -2.49. The third kappa shape index (κ3) is 3.16. The van der Waals surface area contributed by atoms with Crippen molar-refractivity contribution in [3.8, 4) is 0 Å². The second-order valence-corrected chi connectivity index (χ2v) is 7.81. The molecule has 7 heteroatoms. The molecule has 2 aliphatic rings. The van der Waals surface area contributed by atoms with Gasteiger partial charge in [0, 0.05) is 56.7 Å². The van der Waals surface area contributed by atoms with Crippen LogP contribution in [0.2, 0.25) is 0 Å². The molecular formula is C22H23N5O2. The van der Waals surface area contributed by atoms with Crippen LogP contribution in [0.3, 0.4) is 0 Å². The second-order valence-electron chi connectivity index (χ2n) is 7.81. The van der Waals surface area contributed by atoms with E-state index in [1.54, 1.807) is 19.3 Å². The number of aromatic nitrogens is 3. The number of carbonyl (C=O) groups excluding carboxylic acids is 1. The smallest absolute Gasteiger partial charge is 0.275 e. The van der Waals surface area contributed by atoms with Gasteiger partial charge in [0.25, 0.3) is 11.5 Å². The van der Waals surface area contributed by atoms with Crippen LogP contribution in [-0.2, 0) is 7.05 Å². The van der Waals surface area contributed by atoms with Gasteiger partial charge in [0.15, 0.2) is 5.69 Å². The zero-order valence-corrected chi connectivity index (χ0v) is 16.4. The maximum Gasteiger partial charge on any atom is 0.275 e. The van der Waals surface area contributed by atoms with Gasteiger partial charge in [0.2, 0.25) is 0 Å². The number of amides is 1. The first-order valence-corrected chi connectivity index (χ1v) is 10.1. The Bertz CT molecular complexity index is 1140. The van der Waals surface area contributed by atoms with Crippen LogP contribution >= 0.6 is 0 Å². The van der Waals surface area contributed by atoms with Gasteiger partial charge in [-0.05, 0) is 36.5 Å². The lowest BCUT2D eigenvalue weighted by Gasteiger charge is -2.37. The fourth-order valence-electron chi connectivity index (χ4n) is 4.17. The molecule has 1 saturated heterocycles. The van der Waals surface area contributed by atoms with Crippen LogP contribution in [0.4, 0.5) is 5.69 Å². The Morgan fingerprint density at radius 2 is 1.79 bits per heavy atom. The van der Waals surface area contributed by atoms with Gasteiger partial charge in [-0.2, -0.15) is 5.10 Å². The normalized spacial score (nSPS) is 17.0. The minimum atomic E-state index is -0.244. The van der Waals surface area contributed by atoms with Gasteiger partial charge in [-0.15, -0.1) is 0 Å². The quantitative estimate of drug-likeness (QED) is 0.687. The number of aryl methyl sites for hydroxylation is 1. The highest BCUT2D eigenvalue weighted by Gasteiger charge is 2.30. The van der Waals surface area contributed by atoms with Crippen molar-refractivity contribution in [2.24, 2.45) is 7.05 Å². The summed E-state index contributed by atoms with van der Waals surface area (Å²) in [5.74, 6) is 0.563. The first-order valence-electron chi connectivity index (χ1n) is 10.1. The number of piperazine rings is 1. The van der Waals surface area contributed by atoms with Crippen molar-refractivity contribution in [1.29, 1.82) is 0 Å². The summed E-state index contributed by atoms with van der Waals surface area (Å²) in [5, 5.41) is 5.26. The molecule has 1 amide bonds. The number of pyridine rings is 1. The Hall–Kier alpha value is -3.22. The molecule has 0 radical (unpaired) electrons. The summed E-state index contributed by atoms with van der Waals surface area (Å²) >= 11 is 0. The monoisotopic (exact) mass is 389 g/mol. The molecule has 2 fully saturated rings. The van der Waals surface area contributed by atoms with E-state index in [1.165, 1.54) is 35.0 Å². The van der Waals surface area contributed by atoms with Gasteiger partial charge in [0.05, 0.1) is 5.39 Å².